The molecule has 1 aliphatic carbocycles. The number of aryl methyl sites for hydroxylation is 1. The molecule has 1 aromatic carbocycles. The maximum atomic E-state index is 13.2. The molecule has 8 heteroatoms. The molecular formula is C22H25N3O4S. The van der Waals surface area contributed by atoms with Gasteiger partial charge in [-0.05, 0) is 44.2 Å². The number of amides is 2. The highest BCUT2D eigenvalue weighted by molar-refractivity contribution is 7.16. The average molecular weight is 428 g/mol. The molecule has 4 rings (SSSR count). The van der Waals surface area contributed by atoms with Crippen LogP contribution in [0, 0.1) is 5.92 Å². The summed E-state index contributed by atoms with van der Waals surface area (Å²) in [6.45, 7) is 1.12. The van der Waals surface area contributed by atoms with E-state index in [1.54, 1.807) is 12.1 Å². The predicted octanol–water partition coefficient (Wildman–Crippen LogP) is 3.23. The van der Waals surface area contributed by atoms with E-state index in [9.17, 15) is 14.4 Å². The lowest BCUT2D eigenvalue weighted by molar-refractivity contribution is -0.149. The molecule has 2 amide bonds. The summed E-state index contributed by atoms with van der Waals surface area (Å²) in [7, 11) is 1.40. The van der Waals surface area contributed by atoms with Gasteiger partial charge in [-0.3, -0.25) is 19.7 Å². The Kier molecular flexibility index (Phi) is 6.13. The van der Waals surface area contributed by atoms with Gasteiger partial charge in [0.2, 0.25) is 5.91 Å². The Morgan fingerprint density at radius 3 is 2.57 bits per heavy atom. The topological polar surface area (TPSA) is 88.6 Å². The Morgan fingerprint density at radius 1 is 1.13 bits per heavy atom. The largest absolute Gasteiger partial charge is 0.469 e. The van der Waals surface area contributed by atoms with Crippen LogP contribution in [0.15, 0.2) is 30.3 Å². The zero-order valence-corrected chi connectivity index (χ0v) is 17.7. The van der Waals surface area contributed by atoms with E-state index in [-0.39, 0.29) is 29.6 Å². The number of esters is 1. The van der Waals surface area contributed by atoms with Gasteiger partial charge < -0.3 is 9.64 Å². The minimum Gasteiger partial charge on any atom is -0.469 e. The molecule has 0 saturated carbocycles. The van der Waals surface area contributed by atoms with Gasteiger partial charge in [0, 0.05) is 23.5 Å². The number of carbonyl (C=O) groups excluding carboxylic acids is 3. The number of anilines is 1. The summed E-state index contributed by atoms with van der Waals surface area (Å²) >= 11 is 1.46. The maximum absolute atomic E-state index is 13.2. The lowest BCUT2D eigenvalue weighted by Gasteiger charge is -2.34. The number of methoxy groups -OCH3 is 1. The molecule has 1 N–H and O–H groups in total. The summed E-state index contributed by atoms with van der Waals surface area (Å²) in [5.74, 6) is -0.720. The number of nitrogens with one attached hydrogen (secondary N) is 1. The molecule has 1 saturated heterocycles. The van der Waals surface area contributed by atoms with Crippen molar-refractivity contribution >= 4 is 34.3 Å². The molecule has 158 valence electrons. The molecule has 1 unspecified atom stereocenters. The summed E-state index contributed by atoms with van der Waals surface area (Å²) in [6.07, 6.45) is 3.83. The van der Waals surface area contributed by atoms with Crippen molar-refractivity contribution in [3.8, 4) is 0 Å². The standard InChI is InChI=1S/C22H25N3O4S/c1-29-21(28)15-10-12-25(13-11-15)20(27)16-8-5-9-17-18(16)23-22(30-17)24-19(26)14-6-3-2-4-7-14/h2-4,6-7,15-16H,5,8-13H2,1H3,(H,23,24,26). The first kappa shape index (κ1) is 20.5. The van der Waals surface area contributed by atoms with E-state index >= 15 is 0 Å². The molecule has 7 nitrogen and oxygen atoms in total. The number of rotatable bonds is 4. The Hall–Kier alpha value is -2.74. The molecule has 0 radical (unpaired) electrons. The molecule has 1 aromatic heterocycles. The lowest BCUT2D eigenvalue weighted by atomic mass is 9.88. The fraction of sp³-hybridized carbons (Fsp3) is 0.455. The number of piperidine rings is 1. The Bertz CT molecular complexity index is 935. The first-order valence-corrected chi connectivity index (χ1v) is 11.1. The number of benzene rings is 1. The van der Waals surface area contributed by atoms with Crippen LogP contribution in [-0.2, 0) is 20.7 Å². The van der Waals surface area contributed by atoms with Crippen LogP contribution in [0.2, 0.25) is 0 Å². The van der Waals surface area contributed by atoms with Crippen molar-refractivity contribution in [2.45, 2.75) is 38.0 Å². The predicted molar refractivity (Wildman–Crippen MR) is 114 cm³/mol. The van der Waals surface area contributed by atoms with Crippen LogP contribution in [0.5, 0.6) is 0 Å². The van der Waals surface area contributed by atoms with Crippen LogP contribution < -0.4 is 5.32 Å². The second-order valence-electron chi connectivity index (χ2n) is 7.72. The molecule has 1 atom stereocenters. The van der Waals surface area contributed by atoms with Gasteiger partial charge in [0.15, 0.2) is 5.13 Å². The quantitative estimate of drug-likeness (QED) is 0.757. The van der Waals surface area contributed by atoms with Crippen molar-refractivity contribution in [1.82, 2.24) is 9.88 Å². The Morgan fingerprint density at radius 2 is 1.87 bits per heavy atom. The zero-order valence-electron chi connectivity index (χ0n) is 16.9. The molecule has 0 spiro atoms. The number of likely N-dealkylation sites (tertiary alicyclic amines) is 1. The molecule has 0 bridgehead atoms. The van der Waals surface area contributed by atoms with Gasteiger partial charge in [-0.15, -0.1) is 11.3 Å². The maximum Gasteiger partial charge on any atom is 0.308 e. The monoisotopic (exact) mass is 427 g/mol. The van der Waals surface area contributed by atoms with Gasteiger partial charge in [0.25, 0.3) is 5.91 Å². The smallest absolute Gasteiger partial charge is 0.308 e. The van der Waals surface area contributed by atoms with Crippen LogP contribution in [0.1, 0.15) is 52.5 Å². The van der Waals surface area contributed by atoms with Gasteiger partial charge in [-0.25, -0.2) is 4.98 Å². The van der Waals surface area contributed by atoms with Crippen molar-refractivity contribution in [1.29, 1.82) is 0 Å². The number of carbonyl (C=O) groups is 3. The molecule has 2 aromatic rings. The van der Waals surface area contributed by atoms with Crippen molar-refractivity contribution in [3.05, 3.63) is 46.5 Å². The van der Waals surface area contributed by atoms with Crippen molar-refractivity contribution in [3.63, 3.8) is 0 Å². The molecule has 1 aliphatic heterocycles. The van der Waals surface area contributed by atoms with Crippen LogP contribution in [-0.4, -0.2) is 47.9 Å². The van der Waals surface area contributed by atoms with E-state index in [1.807, 2.05) is 23.1 Å². The molecule has 2 aliphatic rings. The van der Waals surface area contributed by atoms with E-state index < -0.39 is 0 Å². The number of ether oxygens (including phenoxy) is 1. The summed E-state index contributed by atoms with van der Waals surface area (Å²) < 4.78 is 4.83. The van der Waals surface area contributed by atoms with Crippen LogP contribution in [0.4, 0.5) is 5.13 Å². The third-order valence-electron chi connectivity index (χ3n) is 5.85. The average Bonchev–Trinajstić information content (AvgIpc) is 3.21. The third kappa shape index (κ3) is 4.23. The number of fused-ring (bicyclic) bond motifs is 1. The van der Waals surface area contributed by atoms with E-state index in [1.165, 1.54) is 18.4 Å². The third-order valence-corrected chi connectivity index (χ3v) is 6.90. The highest BCUT2D eigenvalue weighted by atomic mass is 32.1. The number of nitrogens with zero attached hydrogens (tertiary/aromatic N) is 2. The Balaban J connectivity index is 1.44. The van der Waals surface area contributed by atoms with Gasteiger partial charge in [0.1, 0.15) is 0 Å². The van der Waals surface area contributed by atoms with Crippen molar-refractivity contribution in [2.75, 3.05) is 25.5 Å². The number of aromatic nitrogens is 1. The molecule has 1 fully saturated rings. The van der Waals surface area contributed by atoms with Crippen LogP contribution in [0.3, 0.4) is 0 Å². The molecule has 2 heterocycles. The second-order valence-corrected chi connectivity index (χ2v) is 8.80. The molecule has 30 heavy (non-hydrogen) atoms. The second kappa shape index (κ2) is 8.95. The summed E-state index contributed by atoms with van der Waals surface area (Å²) in [6, 6.07) is 9.02. The zero-order chi connectivity index (χ0) is 21.1. The van der Waals surface area contributed by atoms with E-state index in [4.69, 9.17) is 4.74 Å². The fourth-order valence-electron chi connectivity index (χ4n) is 4.19. The summed E-state index contributed by atoms with van der Waals surface area (Å²) in [4.78, 5) is 44.9. The van der Waals surface area contributed by atoms with Gasteiger partial charge >= 0.3 is 5.97 Å². The lowest BCUT2D eigenvalue weighted by Crippen LogP contribution is -2.43. The fourth-order valence-corrected chi connectivity index (χ4v) is 5.25. The summed E-state index contributed by atoms with van der Waals surface area (Å²) in [5, 5.41) is 3.41. The van der Waals surface area contributed by atoms with E-state index in [2.05, 4.69) is 10.3 Å². The Labute approximate surface area is 179 Å². The number of thiazole rings is 1. The first-order valence-electron chi connectivity index (χ1n) is 10.3. The van der Waals surface area contributed by atoms with E-state index in [0.717, 1.165) is 29.8 Å². The number of hydrogen-bond donors (Lipinski definition) is 1. The van der Waals surface area contributed by atoms with Gasteiger partial charge in [0.05, 0.1) is 24.6 Å². The minimum absolute atomic E-state index is 0.0745. The van der Waals surface area contributed by atoms with E-state index in [0.29, 0.717) is 36.6 Å². The highest BCUT2D eigenvalue weighted by Gasteiger charge is 2.36. The molecular weight excluding hydrogens is 402 g/mol. The SMILES string of the molecule is COC(=O)C1CCN(C(=O)C2CCCc3sc(NC(=O)c4ccccc4)nc32)CC1. The normalized spacial score (nSPS) is 19.1. The van der Waals surface area contributed by atoms with Gasteiger partial charge in [-0.2, -0.15) is 0 Å². The first-order chi connectivity index (χ1) is 14.6. The number of hydrogen-bond acceptors (Lipinski definition) is 6. The van der Waals surface area contributed by atoms with Crippen molar-refractivity contribution in [2.24, 2.45) is 5.92 Å². The summed E-state index contributed by atoms with van der Waals surface area (Å²) in [5.41, 5.74) is 1.38. The minimum atomic E-state index is -0.276. The van der Waals surface area contributed by atoms with Crippen LogP contribution in [0.25, 0.3) is 0 Å². The van der Waals surface area contributed by atoms with Crippen LogP contribution >= 0.6 is 11.3 Å². The van der Waals surface area contributed by atoms with Gasteiger partial charge in [-0.1, -0.05) is 18.2 Å². The van der Waals surface area contributed by atoms with Crippen molar-refractivity contribution < 1.29 is 19.1 Å². The highest BCUT2D eigenvalue weighted by Crippen LogP contribution is 2.38.